The molecule has 3 aromatic rings. The molecule has 0 spiro atoms. The van der Waals surface area contributed by atoms with E-state index in [0.717, 1.165) is 26.4 Å². The Morgan fingerprint density at radius 1 is 1.23 bits per heavy atom. The summed E-state index contributed by atoms with van der Waals surface area (Å²) in [7, 11) is 0. The SMILES string of the molecule is O=C(NCc1cc(C2CC2)ncn1)c1cc2ccccc2s1. The topological polar surface area (TPSA) is 54.9 Å². The number of amides is 1. The third-order valence-corrected chi connectivity index (χ3v) is 4.93. The summed E-state index contributed by atoms with van der Waals surface area (Å²) in [6.07, 6.45) is 4.02. The highest BCUT2D eigenvalue weighted by molar-refractivity contribution is 7.20. The molecule has 0 saturated heterocycles. The summed E-state index contributed by atoms with van der Waals surface area (Å²) in [6, 6.07) is 12.0. The molecular formula is C17H15N3OS. The molecule has 0 bridgehead atoms. The Labute approximate surface area is 132 Å². The van der Waals surface area contributed by atoms with Crippen molar-refractivity contribution in [3.63, 3.8) is 0 Å². The first-order chi connectivity index (χ1) is 10.8. The van der Waals surface area contributed by atoms with Crippen LogP contribution >= 0.6 is 11.3 Å². The van der Waals surface area contributed by atoms with Gasteiger partial charge in [-0.05, 0) is 36.4 Å². The molecule has 2 aromatic heterocycles. The van der Waals surface area contributed by atoms with E-state index in [2.05, 4.69) is 15.3 Å². The molecule has 22 heavy (non-hydrogen) atoms. The highest BCUT2D eigenvalue weighted by Crippen LogP contribution is 2.38. The molecule has 1 aliphatic carbocycles. The summed E-state index contributed by atoms with van der Waals surface area (Å²) in [4.78, 5) is 21.5. The van der Waals surface area contributed by atoms with E-state index in [1.807, 2.05) is 36.4 Å². The molecule has 0 atom stereocenters. The van der Waals surface area contributed by atoms with E-state index in [9.17, 15) is 4.79 Å². The van der Waals surface area contributed by atoms with E-state index in [0.29, 0.717) is 12.5 Å². The number of benzene rings is 1. The average molecular weight is 309 g/mol. The first-order valence-corrected chi connectivity index (χ1v) is 8.19. The van der Waals surface area contributed by atoms with Crippen LogP contribution in [0.1, 0.15) is 39.8 Å². The van der Waals surface area contributed by atoms with Crippen LogP contribution in [-0.2, 0) is 6.54 Å². The molecule has 0 radical (unpaired) electrons. The van der Waals surface area contributed by atoms with Gasteiger partial charge in [-0.25, -0.2) is 9.97 Å². The molecular weight excluding hydrogens is 294 g/mol. The van der Waals surface area contributed by atoms with E-state index in [1.54, 1.807) is 6.33 Å². The third-order valence-electron chi connectivity index (χ3n) is 3.82. The van der Waals surface area contributed by atoms with Gasteiger partial charge in [0.1, 0.15) is 6.33 Å². The molecule has 2 heterocycles. The maximum Gasteiger partial charge on any atom is 0.261 e. The van der Waals surface area contributed by atoms with Crippen LogP contribution in [0.4, 0.5) is 0 Å². The van der Waals surface area contributed by atoms with Crippen molar-refractivity contribution >= 4 is 27.3 Å². The van der Waals surface area contributed by atoms with Crippen LogP contribution in [-0.4, -0.2) is 15.9 Å². The zero-order valence-electron chi connectivity index (χ0n) is 12.0. The van der Waals surface area contributed by atoms with Crippen LogP contribution in [0.2, 0.25) is 0 Å². The van der Waals surface area contributed by atoms with Crippen LogP contribution in [0.3, 0.4) is 0 Å². The number of carbonyl (C=O) groups is 1. The van der Waals surface area contributed by atoms with Crippen molar-refractivity contribution in [3.8, 4) is 0 Å². The van der Waals surface area contributed by atoms with Crippen molar-refractivity contribution < 1.29 is 4.79 Å². The quantitative estimate of drug-likeness (QED) is 0.802. The normalized spacial score (nSPS) is 14.2. The van der Waals surface area contributed by atoms with Crippen LogP contribution in [0.25, 0.3) is 10.1 Å². The van der Waals surface area contributed by atoms with Gasteiger partial charge >= 0.3 is 0 Å². The summed E-state index contributed by atoms with van der Waals surface area (Å²) in [5, 5.41) is 4.05. The Morgan fingerprint density at radius 3 is 2.91 bits per heavy atom. The number of hydrogen-bond donors (Lipinski definition) is 1. The lowest BCUT2D eigenvalue weighted by atomic mass is 10.2. The van der Waals surface area contributed by atoms with Gasteiger partial charge in [0.25, 0.3) is 5.91 Å². The molecule has 4 nitrogen and oxygen atoms in total. The highest BCUT2D eigenvalue weighted by Gasteiger charge is 2.25. The van der Waals surface area contributed by atoms with E-state index < -0.39 is 0 Å². The van der Waals surface area contributed by atoms with Gasteiger partial charge in [0.15, 0.2) is 0 Å². The van der Waals surface area contributed by atoms with Crippen molar-refractivity contribution in [1.29, 1.82) is 0 Å². The Balaban J connectivity index is 1.46. The number of fused-ring (bicyclic) bond motifs is 1. The fraction of sp³-hybridized carbons (Fsp3) is 0.235. The standard InChI is InChI=1S/C17H15N3OS/c21-17(16-7-12-3-1-2-4-15(12)22-16)18-9-13-8-14(11-5-6-11)20-10-19-13/h1-4,7-8,10-11H,5-6,9H2,(H,18,21). The minimum absolute atomic E-state index is 0.0483. The smallest absolute Gasteiger partial charge is 0.261 e. The lowest BCUT2D eigenvalue weighted by Gasteiger charge is -2.04. The lowest BCUT2D eigenvalue weighted by Crippen LogP contribution is -2.22. The molecule has 0 aliphatic heterocycles. The Hall–Kier alpha value is -2.27. The van der Waals surface area contributed by atoms with Gasteiger partial charge < -0.3 is 5.32 Å². The van der Waals surface area contributed by atoms with Gasteiger partial charge in [-0.1, -0.05) is 18.2 Å². The first kappa shape index (κ1) is 13.4. The Bertz CT molecular complexity index is 806. The van der Waals surface area contributed by atoms with Crippen LogP contribution in [0.15, 0.2) is 42.7 Å². The lowest BCUT2D eigenvalue weighted by molar-refractivity contribution is 0.0954. The minimum Gasteiger partial charge on any atom is -0.346 e. The molecule has 1 N–H and O–H groups in total. The molecule has 1 amide bonds. The van der Waals surface area contributed by atoms with Crippen molar-refractivity contribution in [1.82, 2.24) is 15.3 Å². The molecule has 1 aliphatic rings. The van der Waals surface area contributed by atoms with Crippen molar-refractivity contribution in [3.05, 3.63) is 59.0 Å². The summed E-state index contributed by atoms with van der Waals surface area (Å²) >= 11 is 1.51. The van der Waals surface area contributed by atoms with Gasteiger partial charge in [-0.2, -0.15) is 0 Å². The predicted octanol–water partition coefficient (Wildman–Crippen LogP) is 3.50. The van der Waals surface area contributed by atoms with Gasteiger partial charge in [0.05, 0.1) is 17.1 Å². The minimum atomic E-state index is -0.0483. The van der Waals surface area contributed by atoms with Gasteiger partial charge in [-0.15, -0.1) is 11.3 Å². The summed E-state index contributed by atoms with van der Waals surface area (Å²) in [5.41, 5.74) is 1.97. The van der Waals surface area contributed by atoms with Crippen molar-refractivity contribution in [2.45, 2.75) is 25.3 Å². The largest absolute Gasteiger partial charge is 0.346 e. The zero-order chi connectivity index (χ0) is 14.9. The molecule has 5 heteroatoms. The monoisotopic (exact) mass is 309 g/mol. The van der Waals surface area contributed by atoms with Gasteiger partial charge in [0, 0.05) is 16.3 Å². The fourth-order valence-corrected chi connectivity index (χ4v) is 3.44. The third kappa shape index (κ3) is 2.72. The zero-order valence-corrected chi connectivity index (χ0v) is 12.8. The van der Waals surface area contributed by atoms with Crippen molar-refractivity contribution in [2.75, 3.05) is 0 Å². The molecule has 1 saturated carbocycles. The van der Waals surface area contributed by atoms with E-state index in [4.69, 9.17) is 0 Å². The highest BCUT2D eigenvalue weighted by atomic mass is 32.1. The van der Waals surface area contributed by atoms with Gasteiger partial charge in [-0.3, -0.25) is 4.79 Å². The second kappa shape index (κ2) is 5.50. The van der Waals surface area contributed by atoms with E-state index in [1.165, 1.54) is 24.2 Å². The molecule has 1 aromatic carbocycles. The maximum atomic E-state index is 12.3. The molecule has 1 fully saturated rings. The maximum absolute atomic E-state index is 12.3. The predicted molar refractivity (Wildman–Crippen MR) is 87.0 cm³/mol. The number of carbonyl (C=O) groups excluding carboxylic acids is 1. The second-order valence-corrected chi connectivity index (χ2v) is 6.62. The molecule has 0 unspecified atom stereocenters. The van der Waals surface area contributed by atoms with E-state index >= 15 is 0 Å². The summed E-state index contributed by atoms with van der Waals surface area (Å²) in [6.45, 7) is 0.440. The van der Waals surface area contributed by atoms with Gasteiger partial charge in [0.2, 0.25) is 0 Å². The number of aromatic nitrogens is 2. The van der Waals surface area contributed by atoms with Crippen LogP contribution < -0.4 is 5.32 Å². The van der Waals surface area contributed by atoms with Crippen molar-refractivity contribution in [2.24, 2.45) is 0 Å². The number of rotatable bonds is 4. The number of hydrogen-bond acceptors (Lipinski definition) is 4. The second-order valence-electron chi connectivity index (χ2n) is 5.54. The van der Waals surface area contributed by atoms with Crippen LogP contribution in [0, 0.1) is 0 Å². The molecule has 110 valence electrons. The number of thiophene rings is 1. The molecule has 4 rings (SSSR count). The Kier molecular flexibility index (Phi) is 3.35. The van der Waals surface area contributed by atoms with Crippen LogP contribution in [0.5, 0.6) is 0 Å². The summed E-state index contributed by atoms with van der Waals surface area (Å²) in [5.74, 6) is 0.549. The average Bonchev–Trinajstić information content (AvgIpc) is 3.31. The fourth-order valence-electron chi connectivity index (χ4n) is 2.47. The van der Waals surface area contributed by atoms with E-state index in [-0.39, 0.29) is 5.91 Å². The summed E-state index contributed by atoms with van der Waals surface area (Å²) < 4.78 is 1.13. The number of nitrogens with zero attached hydrogens (tertiary/aromatic N) is 2. The first-order valence-electron chi connectivity index (χ1n) is 7.37. The Morgan fingerprint density at radius 2 is 2.09 bits per heavy atom. The number of nitrogens with one attached hydrogen (secondary N) is 1.